The van der Waals surface area contributed by atoms with E-state index in [0.29, 0.717) is 44.0 Å². The number of nitrogens with zero attached hydrogens (tertiary/aromatic N) is 4. The van der Waals surface area contributed by atoms with E-state index in [4.69, 9.17) is 9.47 Å². The Hall–Kier alpha value is -3.28. The topological polar surface area (TPSA) is 164 Å². The van der Waals surface area contributed by atoms with Crippen molar-refractivity contribution in [2.24, 2.45) is 5.10 Å². The predicted octanol–water partition coefficient (Wildman–Crippen LogP) is 4.20. The summed E-state index contributed by atoms with van der Waals surface area (Å²) in [6.45, 7) is 3.40. The number of hydrazone groups is 1. The quantitative estimate of drug-likeness (QED) is 0.0654. The van der Waals surface area contributed by atoms with Gasteiger partial charge in [0.25, 0.3) is 0 Å². The van der Waals surface area contributed by atoms with Crippen LogP contribution in [0, 0.1) is 0 Å². The highest BCUT2D eigenvalue weighted by atomic mass is 31.2. The van der Waals surface area contributed by atoms with Crippen molar-refractivity contribution in [1.82, 2.24) is 15.2 Å². The molecule has 0 heterocycles. The van der Waals surface area contributed by atoms with E-state index >= 15 is 0 Å². The largest absolute Gasteiger partial charge is 0.494 e. The molecule has 0 saturated heterocycles. The summed E-state index contributed by atoms with van der Waals surface area (Å²) >= 11 is 0. The van der Waals surface area contributed by atoms with Crippen molar-refractivity contribution in [3.05, 3.63) is 71.8 Å². The lowest BCUT2D eigenvalue weighted by atomic mass is 10.0. The van der Waals surface area contributed by atoms with Gasteiger partial charge in [-0.05, 0) is 55.2 Å². The number of nitrogens with one attached hydrogen (secondary N) is 1. The number of carbonyl (C=O) groups is 1. The van der Waals surface area contributed by atoms with Crippen molar-refractivity contribution in [1.29, 1.82) is 0 Å². The van der Waals surface area contributed by atoms with Gasteiger partial charge in [-0.25, -0.2) is 10.2 Å². The van der Waals surface area contributed by atoms with Gasteiger partial charge in [-0.15, -0.1) is 0 Å². The summed E-state index contributed by atoms with van der Waals surface area (Å²) in [7, 11) is -0.0149. The average molecular weight is 692 g/mol. The molecule has 3 atom stereocenters. The molecular weight excluding hydrogens is 644 g/mol. The standard InChI is InChI=1S/C32H47N5O8P2/c1-35(2)30-15-8-13-28-26(11-7-14-29(28)30)24-37(4)19-21-45-31(38)34-33-23-25-10-6-12-27(22-25)44-20-9-17-36(3)18-16-32(39,46(40)41)47(5,42)43/h6-8,10-15,22-23,39,46H,9,16-21,24H2,1-5H3,(H,34,38)(H,40,41)(H,42,43)/b33-23+. The normalized spacial score (nSPS) is 15.0. The fraction of sp³-hybridized carbons (Fsp3) is 0.438. The van der Waals surface area contributed by atoms with Crippen LogP contribution in [0.4, 0.5) is 10.5 Å². The first-order valence-corrected chi connectivity index (χ1v) is 18.7. The number of benzene rings is 3. The fourth-order valence-corrected chi connectivity index (χ4v) is 7.16. The molecule has 15 heteroatoms. The molecule has 3 aromatic rings. The van der Waals surface area contributed by atoms with Crippen LogP contribution in [-0.4, -0.2) is 110 Å². The number of anilines is 1. The zero-order chi connectivity index (χ0) is 34.6. The molecular formula is C32H47N5O8P2. The van der Waals surface area contributed by atoms with Gasteiger partial charge in [0.15, 0.2) is 0 Å². The van der Waals surface area contributed by atoms with Gasteiger partial charge in [0.05, 0.1) is 12.8 Å². The van der Waals surface area contributed by atoms with E-state index in [-0.39, 0.29) is 19.6 Å². The Morgan fingerprint density at radius 2 is 1.70 bits per heavy atom. The van der Waals surface area contributed by atoms with Gasteiger partial charge in [0.1, 0.15) is 12.4 Å². The van der Waals surface area contributed by atoms with Gasteiger partial charge in [-0.2, -0.15) is 5.10 Å². The molecule has 47 heavy (non-hydrogen) atoms. The van der Waals surface area contributed by atoms with Crippen molar-refractivity contribution in [3.63, 3.8) is 0 Å². The molecule has 0 saturated carbocycles. The number of amides is 1. The van der Waals surface area contributed by atoms with Crippen LogP contribution >= 0.6 is 15.4 Å². The number of fused-ring (bicyclic) bond motifs is 1. The zero-order valence-electron chi connectivity index (χ0n) is 27.6. The number of hydrogen-bond acceptors (Lipinski definition) is 10. The maximum Gasteiger partial charge on any atom is 0.427 e. The number of hydrogen-bond donors (Lipinski definition) is 4. The van der Waals surface area contributed by atoms with Crippen LogP contribution in [-0.2, 0) is 20.4 Å². The number of ether oxygens (including phenoxy) is 2. The summed E-state index contributed by atoms with van der Waals surface area (Å²) in [5.74, 6) is 0.604. The van der Waals surface area contributed by atoms with E-state index in [9.17, 15) is 28.8 Å². The minimum Gasteiger partial charge on any atom is -0.494 e. The second-order valence-electron chi connectivity index (χ2n) is 11.8. The lowest BCUT2D eigenvalue weighted by Crippen LogP contribution is -2.31. The Bertz CT molecular complexity index is 1580. The highest BCUT2D eigenvalue weighted by molar-refractivity contribution is 7.70. The lowest BCUT2D eigenvalue weighted by Gasteiger charge is -2.29. The first kappa shape index (κ1) is 38.2. The summed E-state index contributed by atoms with van der Waals surface area (Å²) in [4.78, 5) is 37.2. The number of likely N-dealkylation sites (N-methyl/N-ethyl adjacent to an activating group) is 1. The molecule has 0 bridgehead atoms. The van der Waals surface area contributed by atoms with Crippen LogP contribution < -0.4 is 15.1 Å². The van der Waals surface area contributed by atoms with Crippen molar-refractivity contribution < 1.29 is 38.3 Å². The molecule has 0 aliphatic carbocycles. The van der Waals surface area contributed by atoms with E-state index in [1.54, 1.807) is 30.1 Å². The van der Waals surface area contributed by atoms with Gasteiger partial charge >= 0.3 is 6.09 Å². The van der Waals surface area contributed by atoms with Gasteiger partial charge in [0, 0.05) is 64.4 Å². The summed E-state index contributed by atoms with van der Waals surface area (Å²) in [6.07, 6.45) is 1.13. The number of rotatable bonds is 18. The van der Waals surface area contributed by atoms with Crippen molar-refractivity contribution in [2.75, 3.05) is 72.6 Å². The molecule has 3 unspecified atom stereocenters. The molecule has 13 nitrogen and oxygen atoms in total. The first-order chi connectivity index (χ1) is 22.2. The summed E-state index contributed by atoms with van der Waals surface area (Å²) in [5, 5.41) is 14.1. The highest BCUT2D eigenvalue weighted by Crippen LogP contribution is 2.61. The molecule has 258 valence electrons. The van der Waals surface area contributed by atoms with E-state index in [1.807, 2.05) is 27.2 Å². The van der Waals surface area contributed by atoms with Crippen LogP contribution in [0.5, 0.6) is 5.75 Å². The third-order valence-electron chi connectivity index (χ3n) is 7.67. The maximum absolute atomic E-state index is 12.2. The van der Waals surface area contributed by atoms with E-state index < -0.39 is 26.6 Å². The van der Waals surface area contributed by atoms with Crippen molar-refractivity contribution in [3.8, 4) is 5.75 Å². The first-order valence-electron chi connectivity index (χ1n) is 15.2. The van der Waals surface area contributed by atoms with Crippen molar-refractivity contribution >= 4 is 44.2 Å². The Morgan fingerprint density at radius 1 is 1.00 bits per heavy atom. The number of aliphatic hydroxyl groups is 1. The summed E-state index contributed by atoms with van der Waals surface area (Å²) in [5.41, 5.74) is 5.44. The van der Waals surface area contributed by atoms with E-state index in [1.165, 1.54) is 22.6 Å². The highest BCUT2D eigenvalue weighted by Gasteiger charge is 2.47. The molecule has 0 spiro atoms. The monoisotopic (exact) mass is 691 g/mol. The number of carbonyl (C=O) groups excluding carboxylic acids is 1. The van der Waals surface area contributed by atoms with Gasteiger partial charge in [-0.1, -0.05) is 42.5 Å². The molecule has 0 fully saturated rings. The maximum atomic E-state index is 12.2. The summed E-state index contributed by atoms with van der Waals surface area (Å²) in [6, 6.07) is 19.8. The average Bonchev–Trinajstić information content (AvgIpc) is 3.01. The van der Waals surface area contributed by atoms with E-state index in [2.05, 4.69) is 56.7 Å². The Morgan fingerprint density at radius 3 is 2.40 bits per heavy atom. The Balaban J connectivity index is 1.36. The van der Waals surface area contributed by atoms with Gasteiger partial charge < -0.3 is 34.2 Å². The SMILES string of the molecule is CN(CCCOc1cccc(/C=N/NC(=O)OCCN(C)Cc2cccc3c(N(C)C)cccc23)c1)CCC(O)([PH](=O)O)P(C)(=O)O. The molecule has 0 aliphatic heterocycles. The van der Waals surface area contributed by atoms with Crippen LogP contribution in [0.2, 0.25) is 0 Å². The molecule has 4 N–H and O–H groups in total. The zero-order valence-corrected chi connectivity index (χ0v) is 29.5. The second-order valence-corrected chi connectivity index (χ2v) is 16.1. The van der Waals surface area contributed by atoms with Crippen LogP contribution in [0.3, 0.4) is 0 Å². The Kier molecular flexibility index (Phi) is 14.4. The van der Waals surface area contributed by atoms with Crippen LogP contribution in [0.25, 0.3) is 10.8 Å². The van der Waals surface area contributed by atoms with Crippen molar-refractivity contribution in [2.45, 2.75) is 24.5 Å². The lowest BCUT2D eigenvalue weighted by molar-refractivity contribution is 0.132. The predicted molar refractivity (Wildman–Crippen MR) is 187 cm³/mol. The van der Waals surface area contributed by atoms with Crippen LogP contribution in [0.15, 0.2) is 65.8 Å². The molecule has 1 amide bonds. The van der Waals surface area contributed by atoms with E-state index in [0.717, 1.165) is 12.4 Å². The third kappa shape index (κ3) is 11.4. The van der Waals surface area contributed by atoms with Gasteiger partial charge in [-0.3, -0.25) is 14.0 Å². The van der Waals surface area contributed by atoms with Gasteiger partial charge in [0.2, 0.25) is 20.5 Å². The Labute approximate surface area is 277 Å². The van der Waals surface area contributed by atoms with Crippen LogP contribution in [0.1, 0.15) is 24.0 Å². The second kappa shape index (κ2) is 17.8. The molecule has 0 aromatic heterocycles. The minimum absolute atomic E-state index is 0.160. The smallest absolute Gasteiger partial charge is 0.427 e. The molecule has 0 radical (unpaired) electrons. The fourth-order valence-electron chi connectivity index (χ4n) is 4.90. The minimum atomic E-state index is -4.18. The third-order valence-corrected chi connectivity index (χ3v) is 12.0. The summed E-state index contributed by atoms with van der Waals surface area (Å²) < 4.78 is 34.5. The molecule has 3 rings (SSSR count). The molecule has 0 aliphatic rings. The molecule has 3 aromatic carbocycles.